The van der Waals surface area contributed by atoms with Gasteiger partial charge in [-0.15, -0.1) is 34.5 Å². The van der Waals surface area contributed by atoms with Crippen LogP contribution in [0.2, 0.25) is 13.1 Å². The van der Waals surface area contributed by atoms with Crippen molar-refractivity contribution in [3.8, 4) is 11.1 Å². The fourth-order valence-corrected chi connectivity index (χ4v) is 9.60. The average Bonchev–Trinajstić information content (AvgIpc) is 3.49. The first kappa shape index (κ1) is 29.8. The molecule has 0 saturated heterocycles. The number of unbranched alkanes of at least 4 members (excludes halogenated alkanes) is 1. The molecule has 2 bridgehead atoms. The van der Waals surface area contributed by atoms with Crippen molar-refractivity contribution in [3.05, 3.63) is 99.0 Å². The largest absolute Gasteiger partial charge is 3.00 e. The van der Waals surface area contributed by atoms with E-state index in [1.54, 1.807) is 10.4 Å². The van der Waals surface area contributed by atoms with Gasteiger partial charge in [0.1, 0.15) is 8.07 Å². The van der Waals surface area contributed by atoms with E-state index in [9.17, 15) is 0 Å². The molecule has 3 aromatic carbocycles. The van der Waals surface area contributed by atoms with Crippen LogP contribution in [-0.2, 0) is 32.6 Å². The molecule has 0 aromatic heterocycles. The molecule has 35 heavy (non-hydrogen) atoms. The van der Waals surface area contributed by atoms with Crippen LogP contribution in [0, 0.1) is 6.92 Å². The molecule has 0 fully saturated rings. The van der Waals surface area contributed by atoms with Crippen molar-refractivity contribution in [3.63, 3.8) is 0 Å². The first-order valence-corrected chi connectivity index (χ1v) is 14.9. The third-order valence-electron chi connectivity index (χ3n) is 7.19. The Bertz CT molecular complexity index is 1340. The smallest absolute Gasteiger partial charge is 1.00 e. The molecular weight excluding hydrogens is 565 g/mol. The number of aliphatic imine (C=N–C) groups is 1. The van der Waals surface area contributed by atoms with Crippen molar-refractivity contribution in [2.75, 3.05) is 0 Å². The number of hydrogen-bond donors (Lipinski definition) is 0. The molecule has 179 valence electrons. The summed E-state index contributed by atoms with van der Waals surface area (Å²) in [5.41, 5.74) is 9.73. The topological polar surface area (TPSA) is 12.4 Å². The summed E-state index contributed by atoms with van der Waals surface area (Å²) in [6.07, 6.45) is 7.82. The maximum Gasteiger partial charge on any atom is 3.00 e. The summed E-state index contributed by atoms with van der Waals surface area (Å²) in [4.78, 5) is 4.42. The Morgan fingerprint density at radius 1 is 0.943 bits per heavy atom. The van der Waals surface area contributed by atoms with E-state index in [-0.39, 0.29) is 51.0 Å². The Kier molecular flexibility index (Phi) is 10.0. The fraction of sp³-hybridized carbons (Fsp3) is 0.267. The molecular formula is C30H32Cl2NSiZr. The van der Waals surface area contributed by atoms with Gasteiger partial charge in [0.25, 0.3) is 0 Å². The molecule has 0 saturated carbocycles. The monoisotopic (exact) mass is 594 g/mol. The van der Waals surface area contributed by atoms with Gasteiger partial charge < -0.3 is 24.8 Å². The molecule has 4 aliphatic rings. The SMILES string of the molecule is CC1=C2C3=CC=NC3=C1[Si]2(C)C.CCCCc1ccc(-c2cccc3[cH-]c(C)cc23)cc1.[Cl-].[Cl-].[Zr+3]. The quantitative estimate of drug-likeness (QED) is 0.324. The van der Waals surface area contributed by atoms with Gasteiger partial charge in [0.05, 0.1) is 5.70 Å². The molecule has 3 heterocycles. The Morgan fingerprint density at radius 3 is 2.29 bits per heavy atom. The number of hydrogen-bond acceptors (Lipinski definition) is 1. The van der Waals surface area contributed by atoms with E-state index < -0.39 is 8.07 Å². The van der Waals surface area contributed by atoms with Crippen molar-refractivity contribution in [1.82, 2.24) is 0 Å². The molecule has 0 atom stereocenters. The van der Waals surface area contributed by atoms with Gasteiger partial charge in [-0.3, -0.25) is 4.99 Å². The third kappa shape index (κ3) is 5.21. The van der Waals surface area contributed by atoms with Gasteiger partial charge in [-0.1, -0.05) is 69.3 Å². The van der Waals surface area contributed by atoms with Crippen LogP contribution < -0.4 is 24.8 Å². The first-order chi connectivity index (χ1) is 15.4. The number of halogens is 2. The number of nitrogens with zero attached hydrogens (tertiary/aromatic N) is 1. The summed E-state index contributed by atoms with van der Waals surface area (Å²) >= 11 is 0. The molecule has 5 heteroatoms. The van der Waals surface area contributed by atoms with Crippen LogP contribution in [-0.4, -0.2) is 14.3 Å². The van der Waals surface area contributed by atoms with Crippen LogP contribution in [0.15, 0.2) is 92.9 Å². The van der Waals surface area contributed by atoms with E-state index in [1.807, 2.05) is 6.21 Å². The van der Waals surface area contributed by atoms with Crippen LogP contribution in [0.3, 0.4) is 0 Å². The molecule has 0 spiro atoms. The third-order valence-corrected chi connectivity index (χ3v) is 10.9. The van der Waals surface area contributed by atoms with Crippen molar-refractivity contribution in [2.45, 2.75) is 53.1 Å². The molecule has 0 N–H and O–H groups in total. The summed E-state index contributed by atoms with van der Waals surface area (Å²) in [6.45, 7) is 11.5. The summed E-state index contributed by atoms with van der Waals surface area (Å²) in [7, 11) is -1.13. The standard InChI is InChI=1S/C20H21.C10H11NSi.2ClH.Zr/c1-3-4-6-16-9-11-17(12-10-16)19-8-5-7-18-13-15(2)14-20(18)19;1-6-9-7-4-5-11-8(7)10(6)12(9,2)3;;;/h5,7-14H,3-4,6H2,1-2H3;4-5H,1-3H3;2*1H;/q-1;;;;+3/p-2. The maximum absolute atomic E-state index is 4.42. The number of aryl methyl sites for hydroxylation is 2. The van der Waals surface area contributed by atoms with Gasteiger partial charge >= 0.3 is 26.2 Å². The van der Waals surface area contributed by atoms with E-state index in [4.69, 9.17) is 0 Å². The molecule has 1 aliphatic carbocycles. The second kappa shape index (κ2) is 11.8. The van der Waals surface area contributed by atoms with Crippen LogP contribution in [0.4, 0.5) is 0 Å². The number of allylic oxidation sites excluding steroid dienone is 4. The number of fused-ring (bicyclic) bond motifs is 1. The molecule has 3 aliphatic heterocycles. The summed E-state index contributed by atoms with van der Waals surface area (Å²) in [5, 5.41) is 5.98. The minimum atomic E-state index is -1.13. The average molecular weight is 597 g/mol. The number of rotatable bonds is 4. The molecule has 7 rings (SSSR count). The van der Waals surface area contributed by atoms with Gasteiger partial charge in [-0.25, -0.2) is 0 Å². The predicted molar refractivity (Wildman–Crippen MR) is 142 cm³/mol. The zero-order valence-electron chi connectivity index (χ0n) is 21.2. The summed E-state index contributed by atoms with van der Waals surface area (Å²) in [5.74, 6) is 0. The van der Waals surface area contributed by atoms with Gasteiger partial charge in [0.2, 0.25) is 0 Å². The zero-order valence-corrected chi connectivity index (χ0v) is 26.1. The minimum Gasteiger partial charge on any atom is -1.00 e. The molecule has 0 unspecified atom stereocenters. The van der Waals surface area contributed by atoms with Gasteiger partial charge in [0, 0.05) is 11.8 Å². The molecule has 3 aromatic rings. The fourth-order valence-electron chi connectivity index (χ4n) is 5.74. The second-order valence-electron chi connectivity index (χ2n) is 9.85. The zero-order chi connectivity index (χ0) is 22.5. The van der Waals surface area contributed by atoms with E-state index in [0.29, 0.717) is 0 Å². The van der Waals surface area contributed by atoms with Crippen LogP contribution in [0.1, 0.15) is 37.8 Å². The Labute approximate surface area is 242 Å². The van der Waals surface area contributed by atoms with Crippen molar-refractivity contribution >= 4 is 25.1 Å². The number of benzene rings is 2. The van der Waals surface area contributed by atoms with E-state index in [0.717, 1.165) is 0 Å². The van der Waals surface area contributed by atoms with Crippen LogP contribution in [0.25, 0.3) is 21.9 Å². The van der Waals surface area contributed by atoms with Crippen LogP contribution >= 0.6 is 0 Å². The molecule has 0 amide bonds. The van der Waals surface area contributed by atoms with E-state index in [1.165, 1.54) is 69.1 Å². The van der Waals surface area contributed by atoms with Crippen molar-refractivity contribution in [2.24, 2.45) is 4.99 Å². The first-order valence-electron chi connectivity index (χ1n) is 11.9. The minimum absolute atomic E-state index is 0. The van der Waals surface area contributed by atoms with E-state index >= 15 is 0 Å². The maximum atomic E-state index is 4.42. The summed E-state index contributed by atoms with van der Waals surface area (Å²) in [6, 6.07) is 20.2. The Balaban J connectivity index is 0.000000249. The normalized spacial score (nSPS) is 15.9. The second-order valence-corrected chi connectivity index (χ2v) is 14.1. The van der Waals surface area contributed by atoms with Gasteiger partial charge in [-0.2, -0.15) is 6.07 Å². The molecule has 1 radical (unpaired) electrons. The summed E-state index contributed by atoms with van der Waals surface area (Å²) < 4.78 is 0. The molecule has 1 nitrogen and oxygen atoms in total. The Hall–Kier alpha value is -1.38. The van der Waals surface area contributed by atoms with Crippen LogP contribution in [0.5, 0.6) is 0 Å². The van der Waals surface area contributed by atoms with Crippen molar-refractivity contribution in [1.29, 1.82) is 0 Å². The van der Waals surface area contributed by atoms with Gasteiger partial charge in [0.15, 0.2) is 0 Å². The van der Waals surface area contributed by atoms with Crippen molar-refractivity contribution < 1.29 is 51.0 Å². The Morgan fingerprint density at radius 2 is 1.66 bits per heavy atom. The predicted octanol–water partition coefficient (Wildman–Crippen LogP) is 2.26. The van der Waals surface area contributed by atoms with E-state index in [2.05, 4.69) is 99.5 Å². The van der Waals surface area contributed by atoms with Gasteiger partial charge in [-0.05, 0) is 52.9 Å².